The van der Waals surface area contributed by atoms with Crippen molar-refractivity contribution in [2.45, 2.75) is 65.6 Å². The highest BCUT2D eigenvalue weighted by atomic mass is 15.2. The minimum atomic E-state index is 0.254. The lowest BCUT2D eigenvalue weighted by atomic mass is 9.98. The fourth-order valence-electron chi connectivity index (χ4n) is 3.27. The van der Waals surface area contributed by atoms with Gasteiger partial charge in [0, 0.05) is 24.7 Å². The van der Waals surface area contributed by atoms with E-state index in [9.17, 15) is 0 Å². The Hall–Kier alpha value is -0.860. The molecular weight excluding hydrogens is 244 g/mol. The summed E-state index contributed by atoms with van der Waals surface area (Å²) in [5.41, 5.74) is 4.45. The number of benzene rings is 1. The summed E-state index contributed by atoms with van der Waals surface area (Å²) in [5.74, 6) is 0. The van der Waals surface area contributed by atoms with Gasteiger partial charge >= 0.3 is 0 Å². The average molecular weight is 274 g/mol. The number of rotatable bonds is 3. The fourth-order valence-corrected chi connectivity index (χ4v) is 3.27. The van der Waals surface area contributed by atoms with Gasteiger partial charge in [-0.15, -0.1) is 0 Å². The zero-order valence-corrected chi connectivity index (χ0v) is 13.8. The van der Waals surface area contributed by atoms with Crippen LogP contribution < -0.4 is 5.32 Å². The van der Waals surface area contributed by atoms with Gasteiger partial charge in [0.1, 0.15) is 0 Å². The van der Waals surface area contributed by atoms with E-state index in [4.69, 9.17) is 0 Å². The van der Waals surface area contributed by atoms with E-state index in [0.29, 0.717) is 6.04 Å². The molecule has 2 unspecified atom stereocenters. The summed E-state index contributed by atoms with van der Waals surface area (Å²) in [7, 11) is 0. The van der Waals surface area contributed by atoms with Crippen LogP contribution >= 0.6 is 0 Å². The normalized spacial score (nSPS) is 28.4. The first kappa shape index (κ1) is 15.5. The molecule has 1 heterocycles. The third kappa shape index (κ3) is 3.83. The van der Waals surface area contributed by atoms with Gasteiger partial charge in [0.15, 0.2) is 0 Å². The van der Waals surface area contributed by atoms with Gasteiger partial charge in [0.2, 0.25) is 0 Å². The molecule has 0 aromatic heterocycles. The van der Waals surface area contributed by atoms with Crippen molar-refractivity contribution in [1.29, 1.82) is 0 Å². The molecule has 2 atom stereocenters. The lowest BCUT2D eigenvalue weighted by Crippen LogP contribution is -2.49. The van der Waals surface area contributed by atoms with E-state index in [1.54, 1.807) is 0 Å². The van der Waals surface area contributed by atoms with Crippen LogP contribution in [0.4, 0.5) is 0 Å². The lowest BCUT2D eigenvalue weighted by Gasteiger charge is -2.35. The van der Waals surface area contributed by atoms with Gasteiger partial charge in [0.05, 0.1) is 0 Å². The SMILES string of the molecule is CCC1(C)CN(Cc2cc(C)cc(C)c2)C(C)CCN1. The summed E-state index contributed by atoms with van der Waals surface area (Å²) in [4.78, 5) is 2.65. The molecule has 1 aromatic rings. The van der Waals surface area contributed by atoms with E-state index in [1.165, 1.54) is 29.5 Å². The maximum absolute atomic E-state index is 3.73. The van der Waals surface area contributed by atoms with Crippen LogP contribution in [0.5, 0.6) is 0 Å². The van der Waals surface area contributed by atoms with Gasteiger partial charge in [-0.05, 0) is 52.6 Å². The molecule has 1 aromatic carbocycles. The molecule has 1 saturated heterocycles. The Kier molecular flexibility index (Phi) is 4.87. The van der Waals surface area contributed by atoms with Crippen LogP contribution in [0.3, 0.4) is 0 Å². The maximum atomic E-state index is 3.73. The van der Waals surface area contributed by atoms with Crippen LogP contribution in [0.15, 0.2) is 18.2 Å². The quantitative estimate of drug-likeness (QED) is 0.905. The van der Waals surface area contributed by atoms with Gasteiger partial charge < -0.3 is 5.32 Å². The minimum Gasteiger partial charge on any atom is -0.310 e. The molecular formula is C18H30N2. The monoisotopic (exact) mass is 274 g/mol. The summed E-state index contributed by atoms with van der Waals surface area (Å²) in [5, 5.41) is 3.73. The predicted octanol–water partition coefficient (Wildman–Crippen LogP) is 3.66. The Labute approximate surface area is 124 Å². The molecule has 0 saturated carbocycles. The summed E-state index contributed by atoms with van der Waals surface area (Å²) in [6.07, 6.45) is 2.42. The van der Waals surface area contributed by atoms with Crippen molar-refractivity contribution in [3.8, 4) is 0 Å². The van der Waals surface area contributed by atoms with E-state index in [-0.39, 0.29) is 5.54 Å². The lowest BCUT2D eigenvalue weighted by molar-refractivity contribution is 0.163. The first-order chi connectivity index (χ1) is 9.42. The van der Waals surface area contributed by atoms with Crippen molar-refractivity contribution in [3.05, 3.63) is 34.9 Å². The molecule has 2 rings (SSSR count). The van der Waals surface area contributed by atoms with Gasteiger partial charge in [-0.25, -0.2) is 0 Å². The van der Waals surface area contributed by atoms with Gasteiger partial charge in [-0.1, -0.05) is 36.2 Å². The topological polar surface area (TPSA) is 15.3 Å². The number of hydrogen-bond donors (Lipinski definition) is 1. The molecule has 112 valence electrons. The Morgan fingerprint density at radius 1 is 1.25 bits per heavy atom. The Morgan fingerprint density at radius 2 is 1.90 bits per heavy atom. The smallest absolute Gasteiger partial charge is 0.0278 e. The largest absolute Gasteiger partial charge is 0.310 e. The number of nitrogens with zero attached hydrogens (tertiary/aromatic N) is 1. The van der Waals surface area contributed by atoms with Crippen LogP contribution in [0.25, 0.3) is 0 Å². The highest BCUT2D eigenvalue weighted by molar-refractivity contribution is 5.28. The first-order valence-electron chi connectivity index (χ1n) is 7.98. The standard InChI is InChI=1S/C18H30N2/c1-6-18(5)13-20(16(4)7-8-19-18)12-17-10-14(2)9-15(3)11-17/h9-11,16,19H,6-8,12-13H2,1-5H3. The van der Waals surface area contributed by atoms with E-state index in [2.05, 4.69) is 63.0 Å². The third-order valence-electron chi connectivity index (χ3n) is 4.74. The number of hydrogen-bond acceptors (Lipinski definition) is 2. The molecule has 0 radical (unpaired) electrons. The number of nitrogens with one attached hydrogen (secondary N) is 1. The van der Waals surface area contributed by atoms with Crippen LogP contribution in [0.2, 0.25) is 0 Å². The van der Waals surface area contributed by atoms with Crippen molar-refractivity contribution in [1.82, 2.24) is 10.2 Å². The number of aryl methyl sites for hydroxylation is 2. The van der Waals surface area contributed by atoms with Crippen LogP contribution in [-0.4, -0.2) is 29.6 Å². The van der Waals surface area contributed by atoms with E-state index < -0.39 is 0 Å². The van der Waals surface area contributed by atoms with Crippen LogP contribution in [0.1, 0.15) is 50.3 Å². The highest BCUT2D eigenvalue weighted by Gasteiger charge is 2.30. The van der Waals surface area contributed by atoms with Crippen molar-refractivity contribution < 1.29 is 0 Å². The molecule has 1 aliphatic rings. The van der Waals surface area contributed by atoms with Crippen LogP contribution in [0, 0.1) is 13.8 Å². The summed E-state index contributed by atoms with van der Waals surface area (Å²) < 4.78 is 0. The maximum Gasteiger partial charge on any atom is 0.0278 e. The van der Waals surface area contributed by atoms with Crippen molar-refractivity contribution in [3.63, 3.8) is 0 Å². The second kappa shape index (κ2) is 6.28. The fraction of sp³-hybridized carbons (Fsp3) is 0.667. The Balaban J connectivity index is 2.16. The predicted molar refractivity (Wildman–Crippen MR) is 87.1 cm³/mol. The summed E-state index contributed by atoms with van der Waals surface area (Å²) in [6.45, 7) is 14.7. The van der Waals surface area contributed by atoms with Crippen molar-refractivity contribution in [2.24, 2.45) is 0 Å². The minimum absolute atomic E-state index is 0.254. The van der Waals surface area contributed by atoms with E-state index in [0.717, 1.165) is 19.6 Å². The summed E-state index contributed by atoms with van der Waals surface area (Å²) in [6, 6.07) is 7.58. The highest BCUT2D eigenvalue weighted by Crippen LogP contribution is 2.21. The molecule has 2 nitrogen and oxygen atoms in total. The molecule has 0 bridgehead atoms. The first-order valence-corrected chi connectivity index (χ1v) is 7.98. The van der Waals surface area contributed by atoms with Crippen molar-refractivity contribution >= 4 is 0 Å². The van der Waals surface area contributed by atoms with Gasteiger partial charge in [-0.3, -0.25) is 4.90 Å². The Bertz CT molecular complexity index is 434. The second-order valence-electron chi connectivity index (χ2n) is 6.88. The average Bonchev–Trinajstić information content (AvgIpc) is 2.49. The van der Waals surface area contributed by atoms with Gasteiger partial charge in [-0.2, -0.15) is 0 Å². The molecule has 0 spiro atoms. The van der Waals surface area contributed by atoms with E-state index in [1.807, 2.05) is 0 Å². The summed E-state index contributed by atoms with van der Waals surface area (Å²) >= 11 is 0. The molecule has 1 N–H and O–H groups in total. The molecule has 0 aliphatic carbocycles. The molecule has 2 heteroatoms. The Morgan fingerprint density at radius 3 is 2.50 bits per heavy atom. The molecule has 1 fully saturated rings. The zero-order chi connectivity index (χ0) is 14.8. The molecule has 0 amide bonds. The van der Waals surface area contributed by atoms with Crippen LogP contribution in [-0.2, 0) is 6.54 Å². The van der Waals surface area contributed by atoms with Gasteiger partial charge in [0.25, 0.3) is 0 Å². The molecule has 20 heavy (non-hydrogen) atoms. The second-order valence-corrected chi connectivity index (χ2v) is 6.88. The molecule has 1 aliphatic heterocycles. The third-order valence-corrected chi connectivity index (χ3v) is 4.74. The zero-order valence-electron chi connectivity index (χ0n) is 13.8. The van der Waals surface area contributed by atoms with Crippen molar-refractivity contribution in [2.75, 3.05) is 13.1 Å². The van der Waals surface area contributed by atoms with E-state index >= 15 is 0 Å².